The van der Waals surface area contributed by atoms with Crippen LogP contribution in [0.4, 0.5) is 18.9 Å². The number of nitrogens with zero attached hydrogens (tertiary/aromatic N) is 1. The number of halogens is 3. The highest BCUT2D eigenvalue weighted by atomic mass is 32.2. The van der Waals surface area contributed by atoms with E-state index in [1.807, 2.05) is 0 Å². The van der Waals surface area contributed by atoms with Crippen LogP contribution in [0.3, 0.4) is 0 Å². The third-order valence-corrected chi connectivity index (χ3v) is 3.80. The van der Waals surface area contributed by atoms with Gasteiger partial charge in [0, 0.05) is 31.1 Å². The van der Waals surface area contributed by atoms with Gasteiger partial charge in [-0.2, -0.15) is 13.2 Å². The lowest BCUT2D eigenvalue weighted by Gasteiger charge is -2.11. The molecule has 0 aromatic heterocycles. The Kier molecular flexibility index (Phi) is 5.74. The van der Waals surface area contributed by atoms with Gasteiger partial charge in [-0.1, -0.05) is 0 Å². The molecule has 112 valence electrons. The number of rotatable bonds is 5. The molecule has 0 saturated heterocycles. The van der Waals surface area contributed by atoms with Gasteiger partial charge in [0.1, 0.15) is 0 Å². The quantitative estimate of drug-likeness (QED) is 0.516. The monoisotopic (exact) mass is 306 g/mol. The zero-order valence-electron chi connectivity index (χ0n) is 11.3. The first-order valence-corrected chi connectivity index (χ1v) is 7.00. The van der Waals surface area contributed by atoms with Crippen molar-refractivity contribution in [1.82, 2.24) is 4.90 Å². The third-order valence-electron chi connectivity index (χ3n) is 2.63. The Morgan fingerprint density at radius 1 is 1.35 bits per heavy atom. The summed E-state index contributed by atoms with van der Waals surface area (Å²) >= 11 is 1.36. The molecule has 1 aromatic carbocycles. The number of hydrogen-bond donors (Lipinski definition) is 1. The van der Waals surface area contributed by atoms with Gasteiger partial charge in [-0.15, -0.1) is 11.8 Å². The maximum Gasteiger partial charge on any atom is 0.416 e. The van der Waals surface area contributed by atoms with E-state index in [0.717, 1.165) is 12.1 Å². The van der Waals surface area contributed by atoms with Gasteiger partial charge in [0.2, 0.25) is 5.91 Å². The Hall–Kier alpha value is -1.37. The molecule has 1 amide bonds. The second-order valence-electron chi connectivity index (χ2n) is 4.49. The number of benzene rings is 1. The van der Waals surface area contributed by atoms with E-state index in [9.17, 15) is 18.0 Å². The van der Waals surface area contributed by atoms with Crippen molar-refractivity contribution in [2.75, 3.05) is 25.6 Å². The first kappa shape index (κ1) is 16.7. The number of carbonyl (C=O) groups excluding carboxylic acids is 1. The van der Waals surface area contributed by atoms with Crippen LogP contribution in [0.5, 0.6) is 0 Å². The van der Waals surface area contributed by atoms with Gasteiger partial charge in [0.05, 0.1) is 5.56 Å². The zero-order chi connectivity index (χ0) is 15.3. The van der Waals surface area contributed by atoms with E-state index < -0.39 is 11.7 Å². The van der Waals surface area contributed by atoms with Crippen molar-refractivity contribution in [1.29, 1.82) is 0 Å². The molecule has 0 bridgehead atoms. The minimum Gasteiger partial charge on any atom is -0.398 e. The molecule has 2 N–H and O–H groups in total. The van der Waals surface area contributed by atoms with Crippen LogP contribution in [0.25, 0.3) is 0 Å². The summed E-state index contributed by atoms with van der Waals surface area (Å²) in [4.78, 5) is 13.5. The summed E-state index contributed by atoms with van der Waals surface area (Å²) in [7, 11) is 3.37. The number of thioether (sulfide) groups is 1. The Balaban J connectivity index is 2.51. The van der Waals surface area contributed by atoms with Gasteiger partial charge >= 0.3 is 6.18 Å². The van der Waals surface area contributed by atoms with Gasteiger partial charge in [-0.3, -0.25) is 4.79 Å². The lowest BCUT2D eigenvalue weighted by molar-refractivity contribution is -0.137. The molecule has 0 fully saturated rings. The predicted octanol–water partition coefficient (Wildman–Crippen LogP) is 3.25. The molecule has 0 radical (unpaired) electrons. The highest BCUT2D eigenvalue weighted by molar-refractivity contribution is 7.99. The summed E-state index contributed by atoms with van der Waals surface area (Å²) in [6, 6.07) is 3.33. The molecular weight excluding hydrogens is 289 g/mol. The predicted molar refractivity (Wildman–Crippen MR) is 74.5 cm³/mol. The smallest absolute Gasteiger partial charge is 0.398 e. The molecule has 0 aliphatic carbocycles. The number of hydrogen-bond acceptors (Lipinski definition) is 3. The summed E-state index contributed by atoms with van der Waals surface area (Å²) in [5.41, 5.74) is 4.98. The summed E-state index contributed by atoms with van der Waals surface area (Å²) in [6.45, 7) is 0. The van der Waals surface area contributed by atoms with E-state index in [1.54, 1.807) is 14.1 Å². The number of amides is 1. The molecule has 0 atom stereocenters. The molecule has 0 aliphatic heterocycles. The first-order chi connectivity index (χ1) is 9.21. The molecule has 3 nitrogen and oxygen atoms in total. The molecule has 0 heterocycles. The lowest BCUT2D eigenvalue weighted by atomic mass is 10.2. The average molecular weight is 306 g/mol. The Labute approximate surface area is 120 Å². The van der Waals surface area contributed by atoms with Crippen molar-refractivity contribution in [3.05, 3.63) is 23.8 Å². The van der Waals surface area contributed by atoms with E-state index >= 15 is 0 Å². The number of alkyl halides is 3. The largest absolute Gasteiger partial charge is 0.416 e. The number of nitrogens with two attached hydrogens (primary N) is 1. The Morgan fingerprint density at radius 2 is 2.00 bits per heavy atom. The van der Waals surface area contributed by atoms with Crippen LogP contribution < -0.4 is 5.73 Å². The number of anilines is 1. The number of nitrogen functional groups attached to an aromatic ring is 1. The summed E-state index contributed by atoms with van der Waals surface area (Å²) < 4.78 is 37.4. The topological polar surface area (TPSA) is 46.3 Å². The third kappa shape index (κ3) is 4.96. The molecule has 0 saturated carbocycles. The summed E-state index contributed by atoms with van der Waals surface area (Å²) in [5.74, 6) is 0.667. The van der Waals surface area contributed by atoms with Crippen LogP contribution in [0, 0.1) is 0 Å². The molecule has 20 heavy (non-hydrogen) atoms. The normalized spacial score (nSPS) is 11.4. The fourth-order valence-corrected chi connectivity index (χ4v) is 2.38. The minimum absolute atomic E-state index is 0.0333. The molecule has 1 rings (SSSR count). The highest BCUT2D eigenvalue weighted by Crippen LogP contribution is 2.34. The van der Waals surface area contributed by atoms with Crippen molar-refractivity contribution in [3.63, 3.8) is 0 Å². The Morgan fingerprint density at radius 3 is 2.50 bits per heavy atom. The molecule has 0 unspecified atom stereocenters. The van der Waals surface area contributed by atoms with E-state index in [2.05, 4.69) is 0 Å². The summed E-state index contributed by atoms with van der Waals surface area (Å²) in [5, 5.41) is 0. The van der Waals surface area contributed by atoms with Crippen LogP contribution in [-0.4, -0.2) is 30.7 Å². The van der Waals surface area contributed by atoms with Crippen molar-refractivity contribution < 1.29 is 18.0 Å². The fourth-order valence-electron chi connectivity index (χ4n) is 1.49. The van der Waals surface area contributed by atoms with Crippen molar-refractivity contribution in [2.45, 2.75) is 23.9 Å². The first-order valence-electron chi connectivity index (χ1n) is 6.01. The second kappa shape index (κ2) is 6.88. The van der Waals surface area contributed by atoms with Crippen LogP contribution in [-0.2, 0) is 11.0 Å². The zero-order valence-corrected chi connectivity index (χ0v) is 12.1. The maximum absolute atomic E-state index is 12.5. The fraction of sp³-hybridized carbons (Fsp3) is 0.462. The average Bonchev–Trinajstić information content (AvgIpc) is 2.34. The van der Waals surface area contributed by atoms with Gasteiger partial charge in [-0.05, 0) is 30.4 Å². The van der Waals surface area contributed by atoms with Crippen molar-refractivity contribution in [2.24, 2.45) is 0 Å². The van der Waals surface area contributed by atoms with Crippen LogP contribution >= 0.6 is 11.8 Å². The molecule has 1 aromatic rings. The lowest BCUT2D eigenvalue weighted by Crippen LogP contribution is -2.21. The van der Waals surface area contributed by atoms with Crippen LogP contribution in [0.2, 0.25) is 0 Å². The second-order valence-corrected chi connectivity index (χ2v) is 5.63. The highest BCUT2D eigenvalue weighted by Gasteiger charge is 2.30. The van der Waals surface area contributed by atoms with E-state index in [4.69, 9.17) is 5.73 Å². The van der Waals surface area contributed by atoms with Crippen molar-refractivity contribution in [3.8, 4) is 0 Å². The van der Waals surface area contributed by atoms with Gasteiger partial charge in [-0.25, -0.2) is 0 Å². The maximum atomic E-state index is 12.5. The standard InChI is InChI=1S/C13H17F3N2OS/c1-18(2)12(19)4-3-7-20-11-6-5-9(8-10(11)17)13(14,15)16/h5-6,8H,3-4,7,17H2,1-2H3. The van der Waals surface area contributed by atoms with Crippen LogP contribution in [0.1, 0.15) is 18.4 Å². The van der Waals surface area contributed by atoms with Crippen molar-refractivity contribution >= 4 is 23.4 Å². The van der Waals surface area contributed by atoms with Gasteiger partial charge in [0.15, 0.2) is 0 Å². The Bertz CT molecular complexity index is 475. The minimum atomic E-state index is -4.38. The molecule has 0 spiro atoms. The summed E-state index contributed by atoms with van der Waals surface area (Å²) in [6.07, 6.45) is -3.31. The number of carbonyl (C=O) groups is 1. The van der Waals surface area contributed by atoms with E-state index in [0.29, 0.717) is 23.5 Å². The van der Waals surface area contributed by atoms with E-state index in [1.165, 1.54) is 22.7 Å². The van der Waals surface area contributed by atoms with E-state index in [-0.39, 0.29) is 11.6 Å². The van der Waals surface area contributed by atoms with Gasteiger partial charge < -0.3 is 10.6 Å². The van der Waals surface area contributed by atoms with Gasteiger partial charge in [0.25, 0.3) is 0 Å². The molecule has 7 heteroatoms. The molecule has 0 aliphatic rings. The SMILES string of the molecule is CN(C)C(=O)CCCSc1ccc(C(F)(F)F)cc1N. The van der Waals surface area contributed by atoms with Crippen LogP contribution in [0.15, 0.2) is 23.1 Å². The molecular formula is C13H17F3N2OS.